The lowest BCUT2D eigenvalue weighted by atomic mass is 10.1. The molecule has 57 heavy (non-hydrogen) atoms. The average Bonchev–Trinajstić information content (AvgIpc) is 3.21. The second kappa shape index (κ2) is 45.3. The molecule has 6 heteroatoms. The molecule has 1 unspecified atom stereocenters. The molecular weight excluding hydrogens is 709 g/mol. The van der Waals surface area contributed by atoms with E-state index in [1.807, 2.05) is 6.08 Å². The number of ether oxygens (including phenoxy) is 3. The third-order valence-electron chi connectivity index (χ3n) is 9.39. The highest BCUT2D eigenvalue weighted by molar-refractivity contribution is 5.72. The Hall–Kier alpha value is -3.41. The summed E-state index contributed by atoms with van der Waals surface area (Å²) in [6.07, 6.45) is 57.3. The van der Waals surface area contributed by atoms with Gasteiger partial charge in [-0.25, -0.2) is 0 Å². The van der Waals surface area contributed by atoms with Crippen LogP contribution in [0.1, 0.15) is 201 Å². The number of carbonyl (C=O) groups is 3. The van der Waals surface area contributed by atoms with Crippen LogP contribution in [0.2, 0.25) is 0 Å². The maximum Gasteiger partial charge on any atom is 0.309 e. The lowest BCUT2D eigenvalue weighted by Gasteiger charge is -2.18. The van der Waals surface area contributed by atoms with Crippen LogP contribution in [0.25, 0.3) is 0 Å². The zero-order chi connectivity index (χ0) is 41.5. The van der Waals surface area contributed by atoms with Crippen LogP contribution in [0.5, 0.6) is 0 Å². The Labute approximate surface area is 350 Å². The normalized spacial score (nSPS) is 12.8. The summed E-state index contributed by atoms with van der Waals surface area (Å²) in [7, 11) is 0. The first-order valence-electron chi connectivity index (χ1n) is 23.1. The minimum atomic E-state index is -0.821. The number of allylic oxidation sites excluding steroid dienone is 13. The molecule has 0 aliphatic rings. The number of esters is 3. The molecule has 0 rings (SSSR count). The lowest BCUT2D eigenvalue weighted by molar-refractivity contribution is -0.166. The van der Waals surface area contributed by atoms with Crippen molar-refractivity contribution in [3.8, 4) is 0 Å². The van der Waals surface area contributed by atoms with Gasteiger partial charge >= 0.3 is 17.9 Å². The van der Waals surface area contributed by atoms with Crippen molar-refractivity contribution < 1.29 is 28.6 Å². The lowest BCUT2D eigenvalue weighted by Crippen LogP contribution is -2.30. The van der Waals surface area contributed by atoms with E-state index in [4.69, 9.17) is 14.2 Å². The largest absolute Gasteiger partial charge is 0.462 e. The molecule has 0 aromatic carbocycles. The van der Waals surface area contributed by atoms with E-state index in [9.17, 15) is 14.4 Å². The van der Waals surface area contributed by atoms with E-state index in [0.717, 1.165) is 96.3 Å². The van der Waals surface area contributed by atoms with E-state index in [1.54, 1.807) is 6.08 Å². The predicted molar refractivity (Wildman–Crippen MR) is 242 cm³/mol. The first kappa shape index (κ1) is 53.6. The number of hydrogen-bond acceptors (Lipinski definition) is 6. The fraction of sp³-hybridized carbons (Fsp3) is 0.667. The molecule has 0 fully saturated rings. The standard InChI is InChI=1S/C51H84O6/c1-4-7-10-13-16-19-22-24-25-27-29-32-35-38-41-44-50(53)56-47-48(46-55-49(52)43-40-37-34-31-28-21-18-15-12-9-6-3)57-51(54)45-42-39-36-33-30-26-23-20-17-14-11-8-5-2/h7,10,15-16,18-20,23-25,29,32,38,41,48H,4-6,8-9,11-14,17,21-22,26-28,30-31,33-37,39-40,42-47H2,1-3H3/b10-7-,18-15-,19-16-,23-20-,25-24-,32-29-,41-38-. The second-order valence-corrected chi connectivity index (χ2v) is 14.9. The summed E-state index contributed by atoms with van der Waals surface area (Å²) in [5.41, 5.74) is 0. The Morgan fingerprint density at radius 3 is 1.26 bits per heavy atom. The zero-order valence-electron chi connectivity index (χ0n) is 36.8. The van der Waals surface area contributed by atoms with Crippen molar-refractivity contribution in [1.29, 1.82) is 0 Å². The van der Waals surface area contributed by atoms with Crippen molar-refractivity contribution >= 4 is 17.9 Å². The molecular formula is C51H84O6. The van der Waals surface area contributed by atoms with E-state index in [2.05, 4.69) is 93.7 Å². The van der Waals surface area contributed by atoms with Crippen LogP contribution in [0.4, 0.5) is 0 Å². The van der Waals surface area contributed by atoms with Gasteiger partial charge in [0.15, 0.2) is 6.10 Å². The van der Waals surface area contributed by atoms with Crippen LogP contribution >= 0.6 is 0 Å². The Balaban J connectivity index is 4.55. The first-order valence-corrected chi connectivity index (χ1v) is 23.1. The van der Waals surface area contributed by atoms with Gasteiger partial charge in [0.05, 0.1) is 6.42 Å². The fourth-order valence-electron chi connectivity index (χ4n) is 5.90. The van der Waals surface area contributed by atoms with E-state index in [1.165, 1.54) is 64.2 Å². The van der Waals surface area contributed by atoms with Gasteiger partial charge in [0, 0.05) is 12.8 Å². The summed E-state index contributed by atoms with van der Waals surface area (Å²) >= 11 is 0. The van der Waals surface area contributed by atoms with Crippen molar-refractivity contribution in [2.75, 3.05) is 13.2 Å². The highest BCUT2D eigenvalue weighted by Gasteiger charge is 2.19. The smallest absolute Gasteiger partial charge is 0.309 e. The number of carbonyl (C=O) groups excluding carboxylic acids is 3. The van der Waals surface area contributed by atoms with E-state index in [-0.39, 0.29) is 31.6 Å². The van der Waals surface area contributed by atoms with Gasteiger partial charge in [0.2, 0.25) is 0 Å². The van der Waals surface area contributed by atoms with Gasteiger partial charge in [0.1, 0.15) is 13.2 Å². The quantitative estimate of drug-likeness (QED) is 0.0266. The number of hydrogen-bond donors (Lipinski definition) is 0. The third kappa shape index (κ3) is 43.6. The van der Waals surface area contributed by atoms with Crippen molar-refractivity contribution in [2.45, 2.75) is 207 Å². The summed E-state index contributed by atoms with van der Waals surface area (Å²) in [5.74, 6) is -1.07. The molecule has 0 saturated carbocycles. The van der Waals surface area contributed by atoms with Crippen LogP contribution in [-0.4, -0.2) is 37.2 Å². The Morgan fingerprint density at radius 2 is 0.772 bits per heavy atom. The molecule has 0 amide bonds. The predicted octanol–water partition coefficient (Wildman–Crippen LogP) is 14.9. The maximum atomic E-state index is 12.7. The molecule has 0 saturated heterocycles. The van der Waals surface area contributed by atoms with Gasteiger partial charge in [0.25, 0.3) is 0 Å². The molecule has 1 atom stereocenters. The van der Waals surface area contributed by atoms with Gasteiger partial charge in [-0.15, -0.1) is 0 Å². The monoisotopic (exact) mass is 793 g/mol. The summed E-state index contributed by atoms with van der Waals surface area (Å²) in [4.78, 5) is 37.7. The summed E-state index contributed by atoms with van der Waals surface area (Å²) in [6, 6.07) is 0. The van der Waals surface area contributed by atoms with E-state index >= 15 is 0 Å². The number of rotatable bonds is 40. The summed E-state index contributed by atoms with van der Waals surface area (Å²) in [6.45, 7) is 6.34. The first-order chi connectivity index (χ1) is 28.0. The Bertz CT molecular complexity index is 1140. The number of unbranched alkanes of at least 4 members (excludes halogenated alkanes) is 16. The van der Waals surface area contributed by atoms with Crippen molar-refractivity contribution in [3.05, 3.63) is 85.1 Å². The van der Waals surface area contributed by atoms with Crippen LogP contribution in [-0.2, 0) is 28.6 Å². The Morgan fingerprint density at radius 1 is 0.386 bits per heavy atom. The average molecular weight is 793 g/mol. The summed E-state index contributed by atoms with van der Waals surface area (Å²) < 4.78 is 16.6. The topological polar surface area (TPSA) is 78.9 Å². The van der Waals surface area contributed by atoms with Gasteiger partial charge in [-0.3, -0.25) is 14.4 Å². The van der Waals surface area contributed by atoms with Gasteiger partial charge in [-0.1, -0.05) is 176 Å². The minimum absolute atomic E-state index is 0.115. The molecule has 0 spiro atoms. The zero-order valence-corrected chi connectivity index (χ0v) is 36.8. The van der Waals surface area contributed by atoms with E-state index < -0.39 is 12.1 Å². The molecule has 0 aromatic rings. The van der Waals surface area contributed by atoms with Gasteiger partial charge in [-0.2, -0.15) is 0 Å². The van der Waals surface area contributed by atoms with Crippen LogP contribution in [0.3, 0.4) is 0 Å². The van der Waals surface area contributed by atoms with Crippen molar-refractivity contribution in [1.82, 2.24) is 0 Å². The molecule has 6 nitrogen and oxygen atoms in total. The highest BCUT2D eigenvalue weighted by atomic mass is 16.6. The SMILES string of the molecule is CC/C=C\C/C=C\C/C=C\C/C=C\C/C=C\CC(=O)OCC(COC(=O)CCCCCCC/C=C\CCCC)OC(=O)CCCCCCC/C=C\CCCCCC. The van der Waals surface area contributed by atoms with Gasteiger partial charge in [-0.05, 0) is 89.9 Å². The fourth-order valence-corrected chi connectivity index (χ4v) is 5.90. The van der Waals surface area contributed by atoms with Gasteiger partial charge < -0.3 is 14.2 Å². The molecule has 324 valence electrons. The second-order valence-electron chi connectivity index (χ2n) is 14.9. The highest BCUT2D eigenvalue weighted by Crippen LogP contribution is 2.12. The maximum absolute atomic E-state index is 12.7. The van der Waals surface area contributed by atoms with Crippen molar-refractivity contribution in [3.63, 3.8) is 0 Å². The molecule has 0 aliphatic carbocycles. The molecule has 0 aliphatic heterocycles. The van der Waals surface area contributed by atoms with Crippen LogP contribution in [0.15, 0.2) is 85.1 Å². The molecule has 0 aromatic heterocycles. The van der Waals surface area contributed by atoms with Crippen LogP contribution in [0, 0.1) is 0 Å². The van der Waals surface area contributed by atoms with Crippen molar-refractivity contribution in [2.24, 2.45) is 0 Å². The third-order valence-corrected chi connectivity index (χ3v) is 9.39. The van der Waals surface area contributed by atoms with Crippen LogP contribution < -0.4 is 0 Å². The molecule has 0 heterocycles. The molecule has 0 bridgehead atoms. The molecule has 0 radical (unpaired) electrons. The van der Waals surface area contributed by atoms with E-state index in [0.29, 0.717) is 12.8 Å². The summed E-state index contributed by atoms with van der Waals surface area (Å²) in [5, 5.41) is 0. The molecule has 0 N–H and O–H groups in total. The minimum Gasteiger partial charge on any atom is -0.462 e. The Kier molecular flexibility index (Phi) is 42.6.